The quantitative estimate of drug-likeness (QED) is 0.0599. The molecule has 0 saturated carbocycles. The van der Waals surface area contributed by atoms with Crippen LogP contribution in [0.3, 0.4) is 0 Å². The third kappa shape index (κ3) is 8.91. The van der Waals surface area contributed by atoms with Gasteiger partial charge in [0.25, 0.3) is 0 Å². The summed E-state index contributed by atoms with van der Waals surface area (Å²) in [5.74, 6) is 1.69. The summed E-state index contributed by atoms with van der Waals surface area (Å²) in [6.45, 7) is 3.41. The number of nitrogens with two attached hydrogens (primary N) is 2. The van der Waals surface area contributed by atoms with E-state index < -0.39 is 0 Å². The van der Waals surface area contributed by atoms with E-state index in [1.807, 2.05) is 48.7 Å². The highest BCUT2D eigenvalue weighted by molar-refractivity contribution is 5.90. The molecule has 2 atom stereocenters. The van der Waals surface area contributed by atoms with Crippen molar-refractivity contribution in [2.45, 2.75) is 83.5 Å². The lowest BCUT2D eigenvalue weighted by molar-refractivity contribution is 0.267. The van der Waals surface area contributed by atoms with Gasteiger partial charge in [-0.05, 0) is 61.4 Å². The van der Waals surface area contributed by atoms with E-state index in [9.17, 15) is 10.2 Å². The van der Waals surface area contributed by atoms with Gasteiger partial charge in [-0.2, -0.15) is 9.97 Å². The van der Waals surface area contributed by atoms with Gasteiger partial charge in [0, 0.05) is 37.8 Å². The Balaban J connectivity index is 1.20. The van der Waals surface area contributed by atoms with Crippen molar-refractivity contribution < 1.29 is 10.2 Å². The highest BCUT2D eigenvalue weighted by Gasteiger charge is 2.20. The molecule has 0 amide bonds. The molecule has 5 aromatic heterocycles. The van der Waals surface area contributed by atoms with Crippen molar-refractivity contribution in [3.63, 3.8) is 0 Å². The van der Waals surface area contributed by atoms with Gasteiger partial charge in [-0.1, -0.05) is 62.6 Å². The molecule has 0 fully saturated rings. The first-order chi connectivity index (χ1) is 24.9. The summed E-state index contributed by atoms with van der Waals surface area (Å²) in [6, 6.07) is 17.9. The van der Waals surface area contributed by atoms with Gasteiger partial charge < -0.3 is 41.4 Å². The average Bonchev–Trinajstić information content (AvgIpc) is 3.69. The number of rotatable bonds is 19. The maximum atomic E-state index is 10.1. The molecule has 268 valence electrons. The molecule has 0 radical (unpaired) electrons. The molecule has 8 N–H and O–H groups in total. The third-order valence-electron chi connectivity index (χ3n) is 9.22. The second-order valence-corrected chi connectivity index (χ2v) is 13.1. The molecular weight excluding hydrogens is 642 g/mol. The molecule has 6 rings (SSSR count). The Kier molecular flexibility index (Phi) is 11.9. The van der Waals surface area contributed by atoms with Crippen molar-refractivity contribution >= 4 is 45.6 Å². The normalized spacial score (nSPS) is 12.8. The first kappa shape index (κ1) is 35.6. The Morgan fingerprint density at radius 3 is 2.24 bits per heavy atom. The summed E-state index contributed by atoms with van der Waals surface area (Å²) < 4.78 is 4.26. The SMILES string of the molecule is CCCCC(CO)Nc1nc(N)nc2c(CCCCC(CCO)Nc3nc(N)nc4ccn(Cc5ccccn5)c34)cn(Cc3ccccc3)c12. The summed E-state index contributed by atoms with van der Waals surface area (Å²) >= 11 is 0. The number of benzene rings is 1. The van der Waals surface area contributed by atoms with Crippen molar-refractivity contribution in [2.75, 3.05) is 35.3 Å². The summed E-state index contributed by atoms with van der Waals surface area (Å²) in [5, 5.41) is 27.2. The van der Waals surface area contributed by atoms with Gasteiger partial charge in [-0.3, -0.25) is 4.98 Å². The number of unbranched alkanes of at least 4 members (excludes halogenated alkanes) is 2. The number of aryl methyl sites for hydroxylation is 1. The number of fused-ring (bicyclic) bond motifs is 2. The number of nitrogens with zero attached hydrogens (tertiary/aromatic N) is 7. The van der Waals surface area contributed by atoms with Gasteiger partial charge in [-0.25, -0.2) is 9.97 Å². The maximum absolute atomic E-state index is 10.1. The van der Waals surface area contributed by atoms with Crippen LogP contribution in [-0.2, 0) is 19.5 Å². The van der Waals surface area contributed by atoms with Crippen LogP contribution in [0.25, 0.3) is 22.1 Å². The molecule has 0 spiro atoms. The highest BCUT2D eigenvalue weighted by Crippen LogP contribution is 2.30. The zero-order chi connectivity index (χ0) is 35.6. The lowest BCUT2D eigenvalue weighted by Gasteiger charge is -2.20. The van der Waals surface area contributed by atoms with Crippen LogP contribution in [0.5, 0.6) is 0 Å². The maximum Gasteiger partial charge on any atom is 0.222 e. The zero-order valence-corrected chi connectivity index (χ0v) is 29.2. The molecule has 0 aliphatic heterocycles. The monoisotopic (exact) mass is 691 g/mol. The van der Waals surface area contributed by atoms with Crippen LogP contribution < -0.4 is 22.1 Å². The number of nitrogen functional groups attached to an aromatic ring is 2. The summed E-state index contributed by atoms with van der Waals surface area (Å²) in [4.78, 5) is 22.9. The van der Waals surface area contributed by atoms with Crippen LogP contribution in [0, 0.1) is 0 Å². The van der Waals surface area contributed by atoms with Crippen LogP contribution in [0.15, 0.2) is 73.2 Å². The van der Waals surface area contributed by atoms with Crippen molar-refractivity contribution in [3.05, 3.63) is 90.0 Å². The number of hydrogen-bond acceptors (Lipinski definition) is 11. The molecular formula is C38H49N11O2. The molecule has 2 unspecified atom stereocenters. The van der Waals surface area contributed by atoms with Crippen molar-refractivity contribution in [3.8, 4) is 0 Å². The van der Waals surface area contributed by atoms with E-state index in [4.69, 9.17) is 16.5 Å². The molecule has 0 bridgehead atoms. The Morgan fingerprint density at radius 1 is 0.745 bits per heavy atom. The van der Waals surface area contributed by atoms with Crippen molar-refractivity contribution in [1.82, 2.24) is 34.1 Å². The molecule has 13 heteroatoms. The smallest absolute Gasteiger partial charge is 0.222 e. The molecule has 1 aromatic carbocycles. The third-order valence-corrected chi connectivity index (χ3v) is 9.22. The van der Waals surface area contributed by atoms with Gasteiger partial charge in [0.1, 0.15) is 11.0 Å². The Hall–Kier alpha value is -5.27. The van der Waals surface area contributed by atoms with Crippen molar-refractivity contribution in [1.29, 1.82) is 0 Å². The van der Waals surface area contributed by atoms with Gasteiger partial charge in [0.05, 0.1) is 35.9 Å². The molecule has 51 heavy (non-hydrogen) atoms. The standard InChI is InChI=1S/C38H49N11O2/c1-2-3-14-30(25-51)43-36-34-32(45-38(40)47-36)27(23-49(34)22-26-11-5-4-6-12-26)13-7-8-15-28(18-21-50)42-35-33-31(44-37(39)46-35)17-20-48(33)24-29-16-9-10-19-41-29/h4-6,9-12,16-17,19-20,23,28,30,50-51H,2-3,7-8,13-15,18,21-22,24-25H2,1H3,(H3,39,42,44,46)(H3,40,43,45,47). The second-order valence-electron chi connectivity index (χ2n) is 13.1. The molecule has 6 aromatic rings. The van der Waals surface area contributed by atoms with E-state index >= 15 is 0 Å². The largest absolute Gasteiger partial charge is 0.396 e. The summed E-state index contributed by atoms with van der Waals surface area (Å²) in [7, 11) is 0. The number of aromatic nitrogens is 7. The van der Waals surface area contributed by atoms with Gasteiger partial charge >= 0.3 is 0 Å². The van der Waals surface area contributed by atoms with Gasteiger partial charge in [0.2, 0.25) is 11.9 Å². The van der Waals surface area contributed by atoms with Crippen molar-refractivity contribution in [2.24, 2.45) is 0 Å². The number of aliphatic hydroxyl groups excluding tert-OH is 2. The molecule has 13 nitrogen and oxygen atoms in total. The summed E-state index contributed by atoms with van der Waals surface area (Å²) in [6.07, 6.45) is 12.7. The molecule has 5 heterocycles. The van der Waals surface area contributed by atoms with Gasteiger partial charge in [0.15, 0.2) is 11.6 Å². The molecule has 0 aliphatic carbocycles. The minimum atomic E-state index is -0.133. The number of hydrogen-bond donors (Lipinski definition) is 6. The Morgan fingerprint density at radius 2 is 1.49 bits per heavy atom. The number of aliphatic hydroxyl groups is 2. The first-order valence-electron chi connectivity index (χ1n) is 17.9. The number of pyridine rings is 1. The van der Waals surface area contributed by atoms with Crippen LogP contribution >= 0.6 is 0 Å². The lowest BCUT2D eigenvalue weighted by atomic mass is 10.0. The van der Waals surface area contributed by atoms with E-state index in [0.717, 1.165) is 83.8 Å². The lowest BCUT2D eigenvalue weighted by Crippen LogP contribution is -2.25. The van der Waals surface area contributed by atoms with E-state index in [2.05, 4.69) is 65.0 Å². The van der Waals surface area contributed by atoms with E-state index in [0.29, 0.717) is 31.1 Å². The molecule has 0 aliphatic rings. The Labute approximate surface area is 298 Å². The number of nitrogens with one attached hydrogen (secondary N) is 2. The predicted molar refractivity (Wildman–Crippen MR) is 203 cm³/mol. The van der Waals surface area contributed by atoms with Crippen LogP contribution in [0.4, 0.5) is 23.5 Å². The highest BCUT2D eigenvalue weighted by atomic mass is 16.3. The van der Waals surface area contributed by atoms with Gasteiger partial charge in [-0.15, -0.1) is 0 Å². The number of anilines is 4. The average molecular weight is 692 g/mol. The van der Waals surface area contributed by atoms with Crippen LogP contribution in [-0.4, -0.2) is 69.6 Å². The topological polar surface area (TPSA) is 191 Å². The van der Waals surface area contributed by atoms with Crippen LogP contribution in [0.2, 0.25) is 0 Å². The van der Waals surface area contributed by atoms with E-state index in [-0.39, 0.29) is 37.2 Å². The van der Waals surface area contributed by atoms with E-state index in [1.165, 1.54) is 0 Å². The zero-order valence-electron chi connectivity index (χ0n) is 29.2. The first-order valence-corrected chi connectivity index (χ1v) is 17.9. The fourth-order valence-electron chi connectivity index (χ4n) is 6.69. The molecule has 0 saturated heterocycles. The summed E-state index contributed by atoms with van der Waals surface area (Å²) in [5.41, 5.74) is 18.9. The fourth-order valence-corrected chi connectivity index (χ4v) is 6.69. The van der Waals surface area contributed by atoms with Crippen LogP contribution in [0.1, 0.15) is 68.7 Å². The Bertz CT molecular complexity index is 2000. The van der Waals surface area contributed by atoms with E-state index in [1.54, 1.807) is 6.20 Å². The minimum Gasteiger partial charge on any atom is -0.396 e. The fraction of sp³-hybridized carbons (Fsp3) is 0.395. The minimum absolute atomic E-state index is 0.00385. The predicted octanol–water partition coefficient (Wildman–Crippen LogP) is 5.37. The second kappa shape index (κ2) is 17.1.